The molecule has 0 spiro atoms. The van der Waals surface area contributed by atoms with E-state index in [9.17, 15) is 19.5 Å². The molecule has 0 saturated carbocycles. The molecule has 1 fully saturated rings. The molecule has 0 amide bonds. The van der Waals surface area contributed by atoms with Crippen LogP contribution in [0.4, 0.5) is 0 Å². The molecule has 53 heavy (non-hydrogen) atoms. The average molecular weight is 724 g/mol. The SMILES string of the molecule is CCCCCCCCc1ccc(C(=O)O)c(C(=O)On2c(-c3ccc4c(c3)cc(CN3CCCC3)n4C)c(CC)ccc2=O)c1CCCCCCCC. The van der Waals surface area contributed by atoms with Crippen LogP contribution in [-0.2, 0) is 32.9 Å². The predicted octanol–water partition coefficient (Wildman–Crippen LogP) is 9.94. The number of carboxylic acid groups (broad SMARTS) is 1. The van der Waals surface area contributed by atoms with E-state index >= 15 is 0 Å². The fraction of sp³-hybridized carbons (Fsp3) is 0.533. The monoisotopic (exact) mass is 723 g/mol. The Morgan fingerprint density at radius 3 is 2.06 bits per heavy atom. The highest BCUT2D eigenvalue weighted by Crippen LogP contribution is 2.30. The summed E-state index contributed by atoms with van der Waals surface area (Å²) in [4.78, 5) is 49.3. The molecule has 3 heterocycles. The third-order valence-corrected chi connectivity index (χ3v) is 11.1. The molecule has 5 rings (SSSR count). The highest BCUT2D eigenvalue weighted by atomic mass is 16.7. The zero-order valence-corrected chi connectivity index (χ0v) is 32.7. The van der Waals surface area contributed by atoms with Crippen LogP contribution in [0.15, 0.2) is 53.3 Å². The molecule has 8 nitrogen and oxygen atoms in total. The van der Waals surface area contributed by atoms with Crippen molar-refractivity contribution in [1.82, 2.24) is 14.2 Å². The number of carbonyl (C=O) groups is 2. The van der Waals surface area contributed by atoms with Crippen LogP contribution in [0.1, 0.15) is 154 Å². The van der Waals surface area contributed by atoms with Gasteiger partial charge in [-0.05, 0) is 99.0 Å². The van der Waals surface area contributed by atoms with E-state index in [0.717, 1.165) is 102 Å². The van der Waals surface area contributed by atoms with Crippen molar-refractivity contribution >= 4 is 22.8 Å². The van der Waals surface area contributed by atoms with Gasteiger partial charge in [-0.2, -0.15) is 0 Å². The van der Waals surface area contributed by atoms with Crippen LogP contribution in [0.2, 0.25) is 0 Å². The largest absolute Gasteiger partial charge is 0.478 e. The Labute approximate surface area is 316 Å². The first kappa shape index (κ1) is 40.0. The van der Waals surface area contributed by atoms with Crippen LogP contribution >= 0.6 is 0 Å². The van der Waals surface area contributed by atoms with Gasteiger partial charge in [0.05, 0.1) is 16.8 Å². The van der Waals surface area contributed by atoms with Crippen molar-refractivity contribution in [2.24, 2.45) is 7.05 Å². The van der Waals surface area contributed by atoms with Crippen LogP contribution in [0.5, 0.6) is 0 Å². The van der Waals surface area contributed by atoms with Gasteiger partial charge in [-0.3, -0.25) is 9.69 Å². The molecule has 286 valence electrons. The maximum absolute atomic E-state index is 14.4. The van der Waals surface area contributed by atoms with Gasteiger partial charge in [0, 0.05) is 41.8 Å². The zero-order valence-electron chi connectivity index (χ0n) is 32.7. The number of fused-ring (bicyclic) bond motifs is 1. The summed E-state index contributed by atoms with van der Waals surface area (Å²) in [6.07, 6.45) is 17.8. The molecule has 4 aromatic rings. The molecule has 2 aromatic carbocycles. The topological polar surface area (TPSA) is 93.8 Å². The molecule has 0 bridgehead atoms. The summed E-state index contributed by atoms with van der Waals surface area (Å²) in [6, 6.07) is 15.0. The first-order chi connectivity index (χ1) is 25.8. The number of benzene rings is 2. The number of aromatic nitrogens is 2. The van der Waals surface area contributed by atoms with Crippen LogP contribution in [0.3, 0.4) is 0 Å². The Morgan fingerprint density at radius 1 is 0.755 bits per heavy atom. The van der Waals surface area contributed by atoms with Gasteiger partial charge in [0.2, 0.25) is 0 Å². The van der Waals surface area contributed by atoms with Crippen LogP contribution in [-0.4, -0.2) is 44.3 Å². The van der Waals surface area contributed by atoms with Crippen LogP contribution < -0.4 is 10.4 Å². The number of rotatable bonds is 21. The van der Waals surface area contributed by atoms with E-state index in [1.165, 1.54) is 63.1 Å². The number of likely N-dealkylation sites (tertiary alicyclic amines) is 1. The minimum Gasteiger partial charge on any atom is -0.478 e. The predicted molar refractivity (Wildman–Crippen MR) is 215 cm³/mol. The lowest BCUT2D eigenvalue weighted by Gasteiger charge is -2.19. The molecule has 1 saturated heterocycles. The number of carbonyl (C=O) groups excluding carboxylic acids is 1. The molecule has 0 radical (unpaired) electrons. The summed E-state index contributed by atoms with van der Waals surface area (Å²) >= 11 is 0. The first-order valence-electron chi connectivity index (χ1n) is 20.4. The van der Waals surface area contributed by atoms with Crippen molar-refractivity contribution in [3.05, 3.63) is 92.4 Å². The number of hydrogen-bond donors (Lipinski definition) is 1. The summed E-state index contributed by atoms with van der Waals surface area (Å²) in [5.41, 5.74) is 5.70. The summed E-state index contributed by atoms with van der Waals surface area (Å²) in [6.45, 7) is 9.53. The maximum atomic E-state index is 14.4. The van der Waals surface area contributed by atoms with Crippen molar-refractivity contribution < 1.29 is 19.5 Å². The van der Waals surface area contributed by atoms with Crippen LogP contribution in [0, 0.1) is 0 Å². The molecule has 0 atom stereocenters. The first-order valence-corrected chi connectivity index (χ1v) is 20.4. The molecule has 0 unspecified atom stereocenters. The number of aryl methyl sites for hydroxylation is 3. The van der Waals surface area contributed by atoms with E-state index in [-0.39, 0.29) is 11.1 Å². The third-order valence-electron chi connectivity index (χ3n) is 11.1. The molecular weight excluding hydrogens is 663 g/mol. The minimum atomic E-state index is -1.18. The van der Waals surface area contributed by atoms with Gasteiger partial charge in [-0.25, -0.2) is 9.59 Å². The Hall–Kier alpha value is -4.17. The number of hydrogen-bond acceptors (Lipinski definition) is 5. The van der Waals surface area contributed by atoms with Gasteiger partial charge in [-0.15, -0.1) is 4.73 Å². The van der Waals surface area contributed by atoms with E-state index in [1.807, 2.05) is 19.1 Å². The van der Waals surface area contributed by atoms with Crippen molar-refractivity contribution in [2.75, 3.05) is 13.1 Å². The third kappa shape index (κ3) is 10.1. The minimum absolute atomic E-state index is 0.0689. The van der Waals surface area contributed by atoms with Gasteiger partial charge in [0.1, 0.15) is 0 Å². The highest BCUT2D eigenvalue weighted by molar-refractivity contribution is 6.04. The molecule has 1 aliphatic rings. The van der Waals surface area contributed by atoms with Gasteiger partial charge in [0.25, 0.3) is 5.56 Å². The fourth-order valence-electron chi connectivity index (χ4n) is 8.04. The molecule has 1 N–H and O–H groups in total. The summed E-state index contributed by atoms with van der Waals surface area (Å²) in [5.74, 6) is -1.99. The zero-order chi connectivity index (χ0) is 37.7. The van der Waals surface area contributed by atoms with E-state index in [2.05, 4.69) is 48.6 Å². The van der Waals surface area contributed by atoms with Crippen LogP contribution in [0.25, 0.3) is 22.2 Å². The molecule has 0 aliphatic carbocycles. The summed E-state index contributed by atoms with van der Waals surface area (Å²) < 4.78 is 3.32. The standard InChI is InChI=1S/C45H61N3O5/c1-5-8-10-12-14-16-20-34-22-25-39(44(50)51)42(38(34)21-17-15-13-11-9-6-2)45(52)53-48-41(49)27-24-33(7-3)43(48)35-23-26-40-36(30-35)31-37(46(40)4)32-47-28-18-19-29-47/h22-27,30-31H,5-21,28-29,32H2,1-4H3,(H,50,51). The van der Waals surface area contributed by atoms with E-state index < -0.39 is 17.5 Å². The number of nitrogens with zero attached hydrogens (tertiary/aromatic N) is 3. The normalized spacial score (nSPS) is 13.3. The Bertz CT molecular complexity index is 1900. The van der Waals surface area contributed by atoms with E-state index in [1.54, 1.807) is 12.1 Å². The van der Waals surface area contributed by atoms with Gasteiger partial charge >= 0.3 is 11.9 Å². The smallest absolute Gasteiger partial charge is 0.364 e. The number of carboxylic acids is 1. The number of unbranched alkanes of at least 4 members (excludes halogenated alkanes) is 10. The lowest BCUT2D eigenvalue weighted by molar-refractivity contribution is 0.0440. The van der Waals surface area contributed by atoms with Gasteiger partial charge in [0.15, 0.2) is 0 Å². The molecule has 8 heteroatoms. The highest BCUT2D eigenvalue weighted by Gasteiger charge is 2.27. The second kappa shape index (κ2) is 19.8. The van der Waals surface area contributed by atoms with E-state index in [0.29, 0.717) is 18.5 Å². The Kier molecular flexibility index (Phi) is 14.9. The lowest BCUT2D eigenvalue weighted by atomic mass is 9.89. The Balaban J connectivity index is 1.51. The lowest BCUT2D eigenvalue weighted by Crippen LogP contribution is -2.34. The average Bonchev–Trinajstić information content (AvgIpc) is 3.78. The van der Waals surface area contributed by atoms with Crippen molar-refractivity contribution in [2.45, 2.75) is 136 Å². The van der Waals surface area contributed by atoms with Crippen molar-refractivity contribution in [1.29, 1.82) is 0 Å². The number of pyridine rings is 1. The quantitative estimate of drug-likeness (QED) is 0.0861. The second-order valence-electron chi connectivity index (χ2n) is 15.0. The van der Waals surface area contributed by atoms with Gasteiger partial charge < -0.3 is 14.5 Å². The van der Waals surface area contributed by atoms with Gasteiger partial charge in [-0.1, -0.05) is 103 Å². The molecular formula is C45H61N3O5. The molecule has 2 aromatic heterocycles. The molecule has 1 aliphatic heterocycles. The maximum Gasteiger partial charge on any atom is 0.364 e. The second-order valence-corrected chi connectivity index (χ2v) is 15.0. The summed E-state index contributed by atoms with van der Waals surface area (Å²) in [7, 11) is 2.09. The number of aromatic carboxylic acids is 1. The summed E-state index contributed by atoms with van der Waals surface area (Å²) in [5, 5.41) is 11.4. The van der Waals surface area contributed by atoms with Crippen molar-refractivity contribution in [3.63, 3.8) is 0 Å². The Morgan fingerprint density at radius 2 is 1.40 bits per heavy atom. The van der Waals surface area contributed by atoms with E-state index in [4.69, 9.17) is 4.84 Å². The fourth-order valence-corrected chi connectivity index (χ4v) is 8.04. The van der Waals surface area contributed by atoms with Crippen molar-refractivity contribution in [3.8, 4) is 11.3 Å².